The maximum absolute atomic E-state index is 2.26. The second-order valence-corrected chi connectivity index (χ2v) is 2.98. The van der Waals surface area contributed by atoms with Gasteiger partial charge >= 0.3 is 0 Å². The van der Waals surface area contributed by atoms with Gasteiger partial charge in [-0.05, 0) is 36.8 Å². The van der Waals surface area contributed by atoms with Crippen molar-refractivity contribution in [2.45, 2.75) is 61.8 Å². The van der Waals surface area contributed by atoms with Crippen LogP contribution in [0.5, 0.6) is 0 Å². The summed E-state index contributed by atoms with van der Waals surface area (Å²) in [6.07, 6.45) is 5.38. The molecule has 0 saturated heterocycles. The van der Waals surface area contributed by atoms with E-state index in [0.717, 1.165) is 0 Å². The molecule has 0 atom stereocenters. The van der Waals surface area contributed by atoms with Crippen LogP contribution in [0.3, 0.4) is 0 Å². The molecule has 1 aliphatic carbocycles. The van der Waals surface area contributed by atoms with E-state index in [0.29, 0.717) is 0 Å². The lowest BCUT2D eigenvalue weighted by atomic mass is 9.92. The first-order valence-corrected chi connectivity index (χ1v) is 5.03. The zero-order chi connectivity index (χ0) is 8.81. The summed E-state index contributed by atoms with van der Waals surface area (Å²) in [5.41, 5.74) is 3.16. The minimum Gasteiger partial charge on any atom is -0.0776 e. The van der Waals surface area contributed by atoms with Crippen molar-refractivity contribution in [3.8, 4) is 0 Å². The van der Waals surface area contributed by atoms with Crippen LogP contribution in [-0.4, -0.2) is 0 Å². The molecule has 0 heterocycles. The topological polar surface area (TPSA) is 0 Å². The van der Waals surface area contributed by atoms with Gasteiger partial charge in [0.1, 0.15) is 0 Å². The van der Waals surface area contributed by atoms with Crippen molar-refractivity contribution in [3.63, 3.8) is 0 Å². The smallest absolute Gasteiger partial charge is 0.0276 e. The van der Waals surface area contributed by atoms with Crippen molar-refractivity contribution in [2.24, 2.45) is 0 Å². The number of benzene rings is 1. The third kappa shape index (κ3) is 5.61. The first-order valence-electron chi connectivity index (χ1n) is 5.03. The standard InChI is InChI=1S/C10H12.C2H6.3CH4/c1-2-6-10-8-4-3-7-9(10)5-1;1-2;;;/h1-2,5-6H,3-4,7-8H2;1-2H3;3*1H4. The third-order valence-electron chi connectivity index (χ3n) is 2.26. The zero-order valence-electron chi connectivity index (χ0n) is 8.14. The highest BCUT2D eigenvalue weighted by Crippen LogP contribution is 2.19. The van der Waals surface area contributed by atoms with Crippen molar-refractivity contribution < 1.29 is 0 Å². The van der Waals surface area contributed by atoms with E-state index in [1.165, 1.54) is 25.7 Å². The van der Waals surface area contributed by atoms with Gasteiger partial charge in [-0.1, -0.05) is 60.4 Å². The van der Waals surface area contributed by atoms with Gasteiger partial charge in [0, 0.05) is 0 Å². The largest absolute Gasteiger partial charge is 0.0776 e. The van der Waals surface area contributed by atoms with Crippen LogP contribution in [0.4, 0.5) is 0 Å². The molecule has 90 valence electrons. The van der Waals surface area contributed by atoms with Gasteiger partial charge in [0.25, 0.3) is 0 Å². The molecule has 1 aliphatic rings. The van der Waals surface area contributed by atoms with Crippen molar-refractivity contribution in [1.82, 2.24) is 0 Å². The summed E-state index contributed by atoms with van der Waals surface area (Å²) in [6.45, 7) is 4.00. The fourth-order valence-electron chi connectivity index (χ4n) is 1.68. The SMILES string of the molecule is C.C.C.CC.c1ccc2c(c1)CCCC2. The highest BCUT2D eigenvalue weighted by molar-refractivity contribution is 5.28. The number of hydrogen-bond acceptors (Lipinski definition) is 0. The van der Waals surface area contributed by atoms with Crippen LogP contribution in [0.1, 0.15) is 60.1 Å². The molecule has 1 aromatic rings. The van der Waals surface area contributed by atoms with E-state index in [2.05, 4.69) is 24.3 Å². The first kappa shape index (κ1) is 19.7. The van der Waals surface area contributed by atoms with E-state index < -0.39 is 0 Å². The number of hydrogen-bond donors (Lipinski definition) is 0. The normalized spacial score (nSPS) is 11.3. The molecule has 0 nitrogen and oxygen atoms in total. The Hall–Kier alpha value is -0.780. The van der Waals surface area contributed by atoms with Gasteiger partial charge in [-0.3, -0.25) is 0 Å². The lowest BCUT2D eigenvalue weighted by Crippen LogP contribution is -2.00. The molecular weight excluding hydrogens is 180 g/mol. The lowest BCUT2D eigenvalue weighted by Gasteiger charge is -2.13. The molecule has 0 spiro atoms. The van der Waals surface area contributed by atoms with Gasteiger partial charge in [-0.2, -0.15) is 0 Å². The first-order chi connectivity index (χ1) is 5.97. The Morgan fingerprint density at radius 1 is 0.733 bits per heavy atom. The van der Waals surface area contributed by atoms with Crippen LogP contribution in [0.2, 0.25) is 0 Å². The maximum Gasteiger partial charge on any atom is -0.0276 e. The van der Waals surface area contributed by atoms with Gasteiger partial charge < -0.3 is 0 Å². The average Bonchev–Trinajstić information content (AvgIpc) is 2.21. The van der Waals surface area contributed by atoms with Crippen LogP contribution in [0.15, 0.2) is 24.3 Å². The van der Waals surface area contributed by atoms with E-state index in [1.807, 2.05) is 13.8 Å². The molecule has 0 aromatic heterocycles. The van der Waals surface area contributed by atoms with Gasteiger partial charge in [-0.15, -0.1) is 0 Å². The van der Waals surface area contributed by atoms with Gasteiger partial charge in [0.2, 0.25) is 0 Å². The molecule has 0 aliphatic heterocycles. The molecule has 15 heavy (non-hydrogen) atoms. The summed E-state index contributed by atoms with van der Waals surface area (Å²) in [6, 6.07) is 8.80. The molecule has 0 bridgehead atoms. The lowest BCUT2D eigenvalue weighted by molar-refractivity contribution is 0.685. The Kier molecular flexibility index (Phi) is 14.9. The molecule has 0 N–H and O–H groups in total. The van der Waals surface area contributed by atoms with Crippen LogP contribution in [0.25, 0.3) is 0 Å². The Bertz CT molecular complexity index is 200. The van der Waals surface area contributed by atoms with Gasteiger partial charge in [-0.25, -0.2) is 0 Å². The van der Waals surface area contributed by atoms with Crippen molar-refractivity contribution in [3.05, 3.63) is 35.4 Å². The molecular formula is C15H30. The second-order valence-electron chi connectivity index (χ2n) is 2.98. The minimum absolute atomic E-state index is 0. The zero-order valence-corrected chi connectivity index (χ0v) is 8.14. The molecule has 1 aromatic carbocycles. The van der Waals surface area contributed by atoms with Crippen molar-refractivity contribution in [1.29, 1.82) is 0 Å². The van der Waals surface area contributed by atoms with E-state index >= 15 is 0 Å². The highest BCUT2D eigenvalue weighted by Gasteiger charge is 2.05. The Balaban J connectivity index is -0.000000273. The highest BCUT2D eigenvalue weighted by atomic mass is 14.1. The molecule has 0 unspecified atom stereocenters. The molecule has 2 rings (SSSR count). The van der Waals surface area contributed by atoms with Crippen LogP contribution in [-0.2, 0) is 12.8 Å². The average molecular weight is 210 g/mol. The molecule has 0 fully saturated rings. The second kappa shape index (κ2) is 11.3. The Morgan fingerprint density at radius 3 is 1.40 bits per heavy atom. The van der Waals surface area contributed by atoms with E-state index in [4.69, 9.17) is 0 Å². The number of rotatable bonds is 0. The minimum atomic E-state index is 0. The maximum atomic E-state index is 2.26. The van der Waals surface area contributed by atoms with Crippen molar-refractivity contribution >= 4 is 0 Å². The predicted octanol–water partition coefficient (Wildman–Crippen LogP) is 5.50. The fourth-order valence-corrected chi connectivity index (χ4v) is 1.68. The predicted molar refractivity (Wildman–Crippen MR) is 74.6 cm³/mol. The van der Waals surface area contributed by atoms with E-state index in [1.54, 1.807) is 11.1 Å². The van der Waals surface area contributed by atoms with E-state index in [9.17, 15) is 0 Å². The summed E-state index contributed by atoms with van der Waals surface area (Å²) < 4.78 is 0. The molecule has 0 radical (unpaired) electrons. The van der Waals surface area contributed by atoms with Gasteiger partial charge in [0.15, 0.2) is 0 Å². The quantitative estimate of drug-likeness (QED) is 0.530. The summed E-state index contributed by atoms with van der Waals surface area (Å²) >= 11 is 0. The third-order valence-corrected chi connectivity index (χ3v) is 2.26. The Labute approximate surface area is 97.7 Å². The summed E-state index contributed by atoms with van der Waals surface area (Å²) in [7, 11) is 0. The molecule has 0 saturated carbocycles. The van der Waals surface area contributed by atoms with Gasteiger partial charge in [0.05, 0.1) is 0 Å². The van der Waals surface area contributed by atoms with Crippen LogP contribution < -0.4 is 0 Å². The van der Waals surface area contributed by atoms with Crippen molar-refractivity contribution in [2.75, 3.05) is 0 Å². The van der Waals surface area contributed by atoms with Crippen LogP contribution >= 0.6 is 0 Å². The summed E-state index contributed by atoms with van der Waals surface area (Å²) in [5.74, 6) is 0. The number of aryl methyl sites for hydroxylation is 2. The number of fused-ring (bicyclic) bond motifs is 1. The van der Waals surface area contributed by atoms with E-state index in [-0.39, 0.29) is 22.3 Å². The molecule has 0 heteroatoms. The Morgan fingerprint density at radius 2 is 1.07 bits per heavy atom. The van der Waals surface area contributed by atoms with Crippen LogP contribution in [0, 0.1) is 0 Å². The summed E-state index contributed by atoms with van der Waals surface area (Å²) in [4.78, 5) is 0. The summed E-state index contributed by atoms with van der Waals surface area (Å²) in [5, 5.41) is 0. The molecule has 0 amide bonds. The monoisotopic (exact) mass is 210 g/mol. The fraction of sp³-hybridized carbons (Fsp3) is 0.600.